The smallest absolute Gasteiger partial charge is 0.256 e. The van der Waals surface area contributed by atoms with Gasteiger partial charge in [0, 0.05) is 33.7 Å². The van der Waals surface area contributed by atoms with Crippen LogP contribution in [-0.2, 0) is 0 Å². The Kier molecular flexibility index (Phi) is 4.83. The molecule has 0 spiro atoms. The van der Waals surface area contributed by atoms with Crippen molar-refractivity contribution >= 4 is 40.7 Å². The first-order valence-electron chi connectivity index (χ1n) is 7.45. The molecule has 0 aliphatic carbocycles. The lowest BCUT2D eigenvalue weighted by Gasteiger charge is -2.18. The summed E-state index contributed by atoms with van der Waals surface area (Å²) < 4.78 is 5.29. The van der Waals surface area contributed by atoms with Gasteiger partial charge in [0.25, 0.3) is 5.91 Å². The number of methoxy groups -OCH3 is 1. The standard InChI is InChI=1S/C18H16ClNO3S/c1-10-8-14(16(23-2)9-13(10)19)20-18(22)12-5-3-4-11-15(21)6-7-24-17(11)12/h3-5,8-9H,6-7H2,1-2H3,(H,20,22). The predicted octanol–water partition coefficient (Wildman–Crippen LogP) is 4.59. The molecule has 0 saturated carbocycles. The van der Waals surface area contributed by atoms with Gasteiger partial charge in [-0.25, -0.2) is 0 Å². The number of hydrogen-bond donors (Lipinski definition) is 1. The minimum atomic E-state index is -0.269. The fraction of sp³-hybridized carbons (Fsp3) is 0.222. The number of nitrogens with one attached hydrogen (secondary N) is 1. The number of ether oxygens (including phenoxy) is 1. The molecule has 24 heavy (non-hydrogen) atoms. The zero-order valence-corrected chi connectivity index (χ0v) is 14.9. The van der Waals surface area contributed by atoms with E-state index in [9.17, 15) is 9.59 Å². The number of Topliss-reactive ketones (excluding diaryl/α,β-unsaturated/α-hetero) is 1. The number of rotatable bonds is 3. The summed E-state index contributed by atoms with van der Waals surface area (Å²) in [5.41, 5.74) is 2.51. The fourth-order valence-corrected chi connectivity index (χ4v) is 3.89. The number of benzene rings is 2. The van der Waals surface area contributed by atoms with Crippen molar-refractivity contribution in [1.82, 2.24) is 0 Å². The van der Waals surface area contributed by atoms with Crippen molar-refractivity contribution in [2.75, 3.05) is 18.2 Å². The molecule has 0 radical (unpaired) electrons. The van der Waals surface area contributed by atoms with E-state index in [1.54, 1.807) is 30.3 Å². The molecule has 0 unspecified atom stereocenters. The van der Waals surface area contributed by atoms with Crippen molar-refractivity contribution in [3.63, 3.8) is 0 Å². The number of ketones is 1. The minimum Gasteiger partial charge on any atom is -0.495 e. The van der Waals surface area contributed by atoms with Crippen LogP contribution < -0.4 is 10.1 Å². The summed E-state index contributed by atoms with van der Waals surface area (Å²) >= 11 is 7.63. The van der Waals surface area contributed by atoms with Gasteiger partial charge in [-0.05, 0) is 24.6 Å². The summed E-state index contributed by atoms with van der Waals surface area (Å²) in [7, 11) is 1.52. The summed E-state index contributed by atoms with van der Waals surface area (Å²) in [6.45, 7) is 1.86. The Hall–Kier alpha value is -1.98. The van der Waals surface area contributed by atoms with E-state index >= 15 is 0 Å². The molecule has 1 aliphatic heterocycles. The third kappa shape index (κ3) is 3.14. The van der Waals surface area contributed by atoms with Crippen molar-refractivity contribution in [3.05, 3.63) is 52.0 Å². The molecule has 4 nitrogen and oxygen atoms in total. The Morgan fingerprint density at radius 1 is 1.33 bits per heavy atom. The van der Waals surface area contributed by atoms with Crippen LogP contribution in [0.4, 0.5) is 5.69 Å². The number of carbonyl (C=O) groups excluding carboxylic acids is 2. The van der Waals surface area contributed by atoms with E-state index in [0.29, 0.717) is 39.8 Å². The van der Waals surface area contributed by atoms with Crippen LogP contribution in [0.25, 0.3) is 0 Å². The van der Waals surface area contributed by atoms with Crippen molar-refractivity contribution in [2.45, 2.75) is 18.2 Å². The summed E-state index contributed by atoms with van der Waals surface area (Å²) in [5, 5.41) is 3.44. The maximum absolute atomic E-state index is 12.7. The van der Waals surface area contributed by atoms with Gasteiger partial charge in [-0.15, -0.1) is 11.8 Å². The highest BCUT2D eigenvalue weighted by Crippen LogP contribution is 2.35. The average Bonchev–Trinajstić information content (AvgIpc) is 2.57. The van der Waals surface area contributed by atoms with Crippen LogP contribution in [0.1, 0.15) is 32.7 Å². The zero-order valence-electron chi connectivity index (χ0n) is 13.3. The number of carbonyl (C=O) groups is 2. The van der Waals surface area contributed by atoms with Crippen molar-refractivity contribution < 1.29 is 14.3 Å². The second kappa shape index (κ2) is 6.87. The monoisotopic (exact) mass is 361 g/mol. The van der Waals surface area contributed by atoms with E-state index in [4.69, 9.17) is 16.3 Å². The lowest BCUT2D eigenvalue weighted by atomic mass is 10.0. The number of halogens is 1. The topological polar surface area (TPSA) is 55.4 Å². The number of amides is 1. The van der Waals surface area contributed by atoms with Gasteiger partial charge in [0.05, 0.1) is 18.4 Å². The predicted molar refractivity (Wildman–Crippen MR) is 96.8 cm³/mol. The molecule has 0 fully saturated rings. The summed E-state index contributed by atoms with van der Waals surface area (Å²) in [6.07, 6.45) is 0.507. The van der Waals surface area contributed by atoms with Crippen LogP contribution in [-0.4, -0.2) is 24.6 Å². The third-order valence-electron chi connectivity index (χ3n) is 3.86. The molecule has 1 amide bonds. The van der Waals surface area contributed by atoms with Crippen molar-refractivity contribution in [1.29, 1.82) is 0 Å². The van der Waals surface area contributed by atoms with E-state index < -0.39 is 0 Å². The quantitative estimate of drug-likeness (QED) is 0.868. The first-order chi connectivity index (χ1) is 11.5. The van der Waals surface area contributed by atoms with Gasteiger partial charge in [-0.2, -0.15) is 0 Å². The average molecular weight is 362 g/mol. The van der Waals surface area contributed by atoms with E-state index in [1.165, 1.54) is 18.9 Å². The van der Waals surface area contributed by atoms with Crippen LogP contribution in [0.3, 0.4) is 0 Å². The Bertz CT molecular complexity index is 835. The highest BCUT2D eigenvalue weighted by molar-refractivity contribution is 7.99. The van der Waals surface area contributed by atoms with Crippen LogP contribution >= 0.6 is 23.4 Å². The third-order valence-corrected chi connectivity index (χ3v) is 5.41. The highest BCUT2D eigenvalue weighted by atomic mass is 35.5. The normalized spacial score (nSPS) is 13.4. The molecule has 6 heteroatoms. The molecular weight excluding hydrogens is 346 g/mol. The van der Waals surface area contributed by atoms with E-state index in [-0.39, 0.29) is 11.7 Å². The summed E-state index contributed by atoms with van der Waals surface area (Å²) in [4.78, 5) is 25.5. The van der Waals surface area contributed by atoms with Crippen LogP contribution in [0.5, 0.6) is 5.75 Å². The van der Waals surface area contributed by atoms with Crippen molar-refractivity contribution in [2.24, 2.45) is 0 Å². The second-order valence-electron chi connectivity index (χ2n) is 5.46. The number of fused-ring (bicyclic) bond motifs is 1. The molecule has 1 aliphatic rings. The van der Waals surface area contributed by atoms with Gasteiger partial charge >= 0.3 is 0 Å². The molecule has 0 saturated heterocycles. The SMILES string of the molecule is COc1cc(Cl)c(C)cc1NC(=O)c1cccc2c1SCCC2=O. The number of aryl methyl sites for hydroxylation is 1. The molecule has 2 aromatic carbocycles. The number of thioether (sulfide) groups is 1. The molecule has 124 valence electrons. The molecular formula is C18H16ClNO3S. The van der Waals surface area contributed by atoms with Crippen molar-refractivity contribution in [3.8, 4) is 5.75 Å². The molecule has 1 N–H and O–H groups in total. The van der Waals surface area contributed by atoms with E-state index in [2.05, 4.69) is 5.32 Å². The lowest BCUT2D eigenvalue weighted by Crippen LogP contribution is -2.17. The van der Waals surface area contributed by atoms with Crippen LogP contribution in [0, 0.1) is 6.92 Å². The molecule has 0 atom stereocenters. The Morgan fingerprint density at radius 2 is 2.12 bits per heavy atom. The number of anilines is 1. The van der Waals surface area contributed by atoms with E-state index in [0.717, 1.165) is 10.5 Å². The highest BCUT2D eigenvalue weighted by Gasteiger charge is 2.23. The van der Waals surface area contributed by atoms with E-state index in [1.807, 2.05) is 6.92 Å². The van der Waals surface area contributed by atoms with Gasteiger partial charge in [0.2, 0.25) is 0 Å². The van der Waals surface area contributed by atoms with Gasteiger partial charge in [0.1, 0.15) is 5.75 Å². The summed E-state index contributed by atoms with van der Waals surface area (Å²) in [6, 6.07) is 8.68. The minimum absolute atomic E-state index is 0.0818. The fourth-order valence-electron chi connectivity index (χ4n) is 2.59. The molecule has 1 heterocycles. The molecule has 2 aromatic rings. The molecule has 3 rings (SSSR count). The van der Waals surface area contributed by atoms with Crippen LogP contribution in [0.2, 0.25) is 5.02 Å². The largest absolute Gasteiger partial charge is 0.495 e. The summed E-state index contributed by atoms with van der Waals surface area (Å²) in [5.74, 6) is 0.999. The number of hydrogen-bond acceptors (Lipinski definition) is 4. The Morgan fingerprint density at radius 3 is 2.88 bits per heavy atom. The Labute approximate surface area is 149 Å². The van der Waals surface area contributed by atoms with Gasteiger partial charge in [0.15, 0.2) is 5.78 Å². The first-order valence-corrected chi connectivity index (χ1v) is 8.82. The second-order valence-corrected chi connectivity index (χ2v) is 6.97. The first kappa shape index (κ1) is 16.9. The Balaban J connectivity index is 1.96. The lowest BCUT2D eigenvalue weighted by molar-refractivity contribution is 0.0984. The zero-order chi connectivity index (χ0) is 17.3. The molecule has 0 aromatic heterocycles. The van der Waals surface area contributed by atoms with Gasteiger partial charge in [-0.1, -0.05) is 23.7 Å². The van der Waals surface area contributed by atoms with Gasteiger partial charge < -0.3 is 10.1 Å². The van der Waals surface area contributed by atoms with Crippen LogP contribution in [0.15, 0.2) is 35.2 Å². The maximum Gasteiger partial charge on any atom is 0.256 e. The van der Waals surface area contributed by atoms with Gasteiger partial charge in [-0.3, -0.25) is 9.59 Å². The maximum atomic E-state index is 12.7. The molecule has 0 bridgehead atoms.